The highest BCUT2D eigenvalue weighted by Gasteiger charge is 2.41. The maximum absolute atomic E-state index is 6.25. The molecule has 0 aromatic heterocycles. The van der Waals surface area contributed by atoms with E-state index in [-0.39, 0.29) is 24.4 Å². The Labute approximate surface area is 120 Å². The quantitative estimate of drug-likeness (QED) is 0.790. The molecule has 0 saturated carbocycles. The number of hydrogen-bond acceptors (Lipinski definition) is 3. The zero-order valence-electron chi connectivity index (χ0n) is 12.1. The second-order valence-corrected chi connectivity index (χ2v) is 5.75. The zero-order valence-corrected chi connectivity index (χ0v) is 12.1. The predicted molar refractivity (Wildman–Crippen MR) is 77.3 cm³/mol. The first kappa shape index (κ1) is 13.8. The Bertz CT molecular complexity index is 458. The van der Waals surface area contributed by atoms with Crippen molar-refractivity contribution >= 4 is 0 Å². The maximum atomic E-state index is 6.25. The van der Waals surface area contributed by atoms with E-state index in [1.807, 2.05) is 6.07 Å². The largest absolute Gasteiger partial charge is 0.366 e. The fraction of sp³-hybridized carbons (Fsp3) is 0.529. The van der Waals surface area contributed by atoms with Crippen LogP contribution in [0.4, 0.5) is 0 Å². The van der Waals surface area contributed by atoms with Crippen LogP contribution in [0.3, 0.4) is 0 Å². The van der Waals surface area contributed by atoms with Crippen molar-refractivity contribution in [2.75, 3.05) is 13.2 Å². The van der Waals surface area contributed by atoms with Gasteiger partial charge in [-0.05, 0) is 25.8 Å². The van der Waals surface area contributed by atoms with E-state index >= 15 is 0 Å². The van der Waals surface area contributed by atoms with Crippen LogP contribution in [0.1, 0.15) is 31.9 Å². The van der Waals surface area contributed by atoms with Crippen LogP contribution in [0.15, 0.2) is 42.0 Å². The van der Waals surface area contributed by atoms with Gasteiger partial charge in [-0.15, -0.1) is 0 Å². The molecule has 2 heterocycles. The monoisotopic (exact) mass is 274 g/mol. The second-order valence-electron chi connectivity index (χ2n) is 5.75. The average molecular weight is 274 g/mol. The van der Waals surface area contributed by atoms with Crippen molar-refractivity contribution in [3.8, 4) is 0 Å². The summed E-state index contributed by atoms with van der Waals surface area (Å²) in [7, 11) is 0. The standard InChI is InChI=1S/C17H22O3/c1-12(2)10-16-14(17-18-8-9-19-17)11-15(20-16)13-6-4-3-5-7-13/h3-7,10,14-17H,8-9,11H2,1-2H3/t14-,15-,16+/m0/s1. The Kier molecular flexibility index (Phi) is 4.20. The third-order valence-corrected chi connectivity index (χ3v) is 3.90. The average Bonchev–Trinajstić information content (AvgIpc) is 3.08. The van der Waals surface area contributed by atoms with E-state index in [4.69, 9.17) is 14.2 Å². The molecule has 20 heavy (non-hydrogen) atoms. The van der Waals surface area contributed by atoms with Crippen LogP contribution >= 0.6 is 0 Å². The van der Waals surface area contributed by atoms with Gasteiger partial charge in [-0.1, -0.05) is 42.0 Å². The van der Waals surface area contributed by atoms with Crippen LogP contribution in [0.5, 0.6) is 0 Å². The molecule has 2 aliphatic rings. The summed E-state index contributed by atoms with van der Waals surface area (Å²) in [4.78, 5) is 0. The van der Waals surface area contributed by atoms with Gasteiger partial charge in [0.2, 0.25) is 0 Å². The van der Waals surface area contributed by atoms with Crippen LogP contribution in [-0.4, -0.2) is 25.6 Å². The molecule has 3 nitrogen and oxygen atoms in total. The van der Waals surface area contributed by atoms with Crippen molar-refractivity contribution in [2.24, 2.45) is 5.92 Å². The summed E-state index contributed by atoms with van der Waals surface area (Å²) in [5, 5.41) is 0. The van der Waals surface area contributed by atoms with E-state index in [2.05, 4.69) is 44.2 Å². The fourth-order valence-electron chi connectivity index (χ4n) is 2.99. The van der Waals surface area contributed by atoms with Crippen molar-refractivity contribution in [3.05, 3.63) is 47.5 Å². The molecule has 2 aliphatic heterocycles. The molecule has 1 aromatic rings. The molecule has 0 spiro atoms. The maximum Gasteiger partial charge on any atom is 0.163 e. The van der Waals surface area contributed by atoms with Crippen LogP contribution in [0, 0.1) is 5.92 Å². The SMILES string of the molecule is CC(C)=C[C@H]1O[C@H](c2ccccc2)C[C@@H]1C1OCCO1. The van der Waals surface area contributed by atoms with Crippen molar-refractivity contribution < 1.29 is 14.2 Å². The Morgan fingerprint density at radius 1 is 1.10 bits per heavy atom. The number of benzene rings is 1. The number of hydrogen-bond donors (Lipinski definition) is 0. The van der Waals surface area contributed by atoms with Crippen molar-refractivity contribution in [1.29, 1.82) is 0 Å². The van der Waals surface area contributed by atoms with Crippen molar-refractivity contribution in [2.45, 2.75) is 38.8 Å². The molecule has 0 bridgehead atoms. The highest BCUT2D eigenvalue weighted by Crippen LogP contribution is 2.41. The molecule has 0 amide bonds. The van der Waals surface area contributed by atoms with Gasteiger partial charge in [-0.25, -0.2) is 0 Å². The lowest BCUT2D eigenvalue weighted by Crippen LogP contribution is -2.28. The van der Waals surface area contributed by atoms with Gasteiger partial charge in [0.15, 0.2) is 6.29 Å². The van der Waals surface area contributed by atoms with Crippen molar-refractivity contribution in [1.82, 2.24) is 0 Å². The molecule has 0 N–H and O–H groups in total. The highest BCUT2D eigenvalue weighted by atomic mass is 16.7. The third-order valence-electron chi connectivity index (χ3n) is 3.90. The van der Waals surface area contributed by atoms with Gasteiger partial charge < -0.3 is 14.2 Å². The lowest BCUT2D eigenvalue weighted by Gasteiger charge is -2.20. The van der Waals surface area contributed by atoms with E-state index < -0.39 is 0 Å². The van der Waals surface area contributed by atoms with Gasteiger partial charge in [-0.2, -0.15) is 0 Å². The molecule has 108 valence electrons. The third kappa shape index (κ3) is 2.95. The van der Waals surface area contributed by atoms with Gasteiger partial charge in [0.05, 0.1) is 25.4 Å². The molecule has 2 fully saturated rings. The Balaban J connectivity index is 1.79. The van der Waals surface area contributed by atoms with Gasteiger partial charge in [0, 0.05) is 5.92 Å². The first-order chi connectivity index (χ1) is 9.74. The minimum atomic E-state index is -0.121. The van der Waals surface area contributed by atoms with Gasteiger partial charge in [0.25, 0.3) is 0 Å². The minimum Gasteiger partial charge on any atom is -0.366 e. The van der Waals surface area contributed by atoms with Crippen LogP contribution < -0.4 is 0 Å². The van der Waals surface area contributed by atoms with Crippen LogP contribution in [-0.2, 0) is 14.2 Å². The van der Waals surface area contributed by atoms with E-state index in [1.165, 1.54) is 11.1 Å². The van der Waals surface area contributed by atoms with Crippen molar-refractivity contribution in [3.63, 3.8) is 0 Å². The number of rotatable bonds is 3. The molecule has 2 saturated heterocycles. The Morgan fingerprint density at radius 3 is 2.45 bits per heavy atom. The summed E-state index contributed by atoms with van der Waals surface area (Å²) in [6.45, 7) is 5.59. The van der Waals surface area contributed by atoms with E-state index in [1.54, 1.807) is 0 Å². The molecule has 0 unspecified atom stereocenters. The van der Waals surface area contributed by atoms with E-state index in [0.717, 1.165) is 6.42 Å². The van der Waals surface area contributed by atoms with Gasteiger partial charge in [0.1, 0.15) is 0 Å². The molecule has 3 rings (SSSR count). The summed E-state index contributed by atoms with van der Waals surface area (Å²) in [5.74, 6) is 0.276. The molecule has 0 radical (unpaired) electrons. The fourth-order valence-corrected chi connectivity index (χ4v) is 2.99. The first-order valence-corrected chi connectivity index (χ1v) is 7.32. The lowest BCUT2D eigenvalue weighted by molar-refractivity contribution is -0.0941. The number of ether oxygens (including phenoxy) is 3. The molecule has 1 aromatic carbocycles. The topological polar surface area (TPSA) is 27.7 Å². The molecule has 3 heteroatoms. The van der Waals surface area contributed by atoms with Crippen LogP contribution in [0.25, 0.3) is 0 Å². The molecule has 3 atom stereocenters. The molecule has 0 aliphatic carbocycles. The summed E-state index contributed by atoms with van der Waals surface area (Å²) in [6, 6.07) is 10.4. The first-order valence-electron chi connectivity index (χ1n) is 7.32. The summed E-state index contributed by atoms with van der Waals surface area (Å²) >= 11 is 0. The van der Waals surface area contributed by atoms with E-state index in [9.17, 15) is 0 Å². The summed E-state index contributed by atoms with van der Waals surface area (Å²) in [5.41, 5.74) is 2.51. The Morgan fingerprint density at radius 2 is 1.80 bits per heavy atom. The highest BCUT2D eigenvalue weighted by molar-refractivity contribution is 5.20. The molecular formula is C17H22O3. The summed E-state index contributed by atoms with van der Waals surface area (Å²) in [6.07, 6.45) is 3.23. The molecular weight excluding hydrogens is 252 g/mol. The van der Waals surface area contributed by atoms with Gasteiger partial charge in [-0.3, -0.25) is 0 Å². The summed E-state index contributed by atoms with van der Waals surface area (Å²) < 4.78 is 17.6. The van der Waals surface area contributed by atoms with E-state index in [0.29, 0.717) is 13.2 Å². The smallest absolute Gasteiger partial charge is 0.163 e. The minimum absolute atomic E-state index is 0.0771. The Hall–Kier alpha value is -1.16. The van der Waals surface area contributed by atoms with Crippen LogP contribution in [0.2, 0.25) is 0 Å². The lowest BCUT2D eigenvalue weighted by atomic mass is 9.95. The number of allylic oxidation sites excluding steroid dienone is 1. The normalized spacial score (nSPS) is 30.6. The zero-order chi connectivity index (χ0) is 13.9. The van der Waals surface area contributed by atoms with Gasteiger partial charge >= 0.3 is 0 Å². The predicted octanol–water partition coefficient (Wildman–Crippen LogP) is 3.47. The second kappa shape index (κ2) is 6.08.